The summed E-state index contributed by atoms with van der Waals surface area (Å²) < 4.78 is 6.82. The van der Waals surface area contributed by atoms with Crippen molar-refractivity contribution in [2.45, 2.75) is 31.9 Å². The van der Waals surface area contributed by atoms with E-state index in [2.05, 4.69) is 21.2 Å². The van der Waals surface area contributed by atoms with E-state index in [0.29, 0.717) is 25.7 Å². The Morgan fingerprint density at radius 2 is 2.10 bits per heavy atom. The van der Waals surface area contributed by atoms with Gasteiger partial charge >= 0.3 is 0 Å². The van der Waals surface area contributed by atoms with Gasteiger partial charge in [0, 0.05) is 18.1 Å². The molecule has 1 aliphatic rings. The first-order valence-corrected chi connectivity index (χ1v) is 8.26. The summed E-state index contributed by atoms with van der Waals surface area (Å²) in [6.07, 6.45) is 2.85. The third-order valence-corrected chi connectivity index (χ3v) is 4.52. The molecule has 0 aromatic heterocycles. The highest BCUT2D eigenvalue weighted by Gasteiger charge is 2.15. The highest BCUT2D eigenvalue weighted by atomic mass is 79.9. The van der Waals surface area contributed by atoms with Crippen molar-refractivity contribution in [2.24, 2.45) is 0 Å². The number of nitrogens with zero attached hydrogens (tertiary/aromatic N) is 1. The monoisotopic (exact) mass is 354 g/mol. The van der Waals surface area contributed by atoms with E-state index < -0.39 is 0 Å². The van der Waals surface area contributed by atoms with Crippen LogP contribution < -0.4 is 5.32 Å². The molecule has 0 atom stereocenters. The Morgan fingerprint density at radius 3 is 2.81 bits per heavy atom. The van der Waals surface area contributed by atoms with Crippen LogP contribution in [0.2, 0.25) is 0 Å². The largest absolute Gasteiger partial charge is 0.378 e. The molecule has 116 valence electrons. The van der Waals surface area contributed by atoms with Crippen molar-refractivity contribution in [3.8, 4) is 0 Å². The van der Waals surface area contributed by atoms with E-state index in [4.69, 9.17) is 4.74 Å². The smallest absolute Gasteiger partial charge is 0.224 e. The predicted molar refractivity (Wildman–Crippen MR) is 87.1 cm³/mol. The van der Waals surface area contributed by atoms with Gasteiger partial charge in [-0.05, 0) is 37.6 Å². The molecule has 5 heteroatoms. The summed E-state index contributed by atoms with van der Waals surface area (Å²) >= 11 is 3.51. The molecule has 1 amide bonds. The van der Waals surface area contributed by atoms with Gasteiger partial charge in [-0.25, -0.2) is 0 Å². The van der Waals surface area contributed by atoms with Crippen molar-refractivity contribution < 1.29 is 9.53 Å². The quantitative estimate of drug-likeness (QED) is 0.853. The van der Waals surface area contributed by atoms with Crippen LogP contribution >= 0.6 is 15.9 Å². The van der Waals surface area contributed by atoms with Crippen molar-refractivity contribution in [1.29, 1.82) is 0 Å². The molecule has 1 heterocycles. The topological polar surface area (TPSA) is 41.6 Å². The van der Waals surface area contributed by atoms with E-state index in [1.165, 1.54) is 0 Å². The first kappa shape index (κ1) is 16.5. The molecule has 0 radical (unpaired) electrons. The lowest BCUT2D eigenvalue weighted by Crippen LogP contribution is -2.33. The van der Waals surface area contributed by atoms with Gasteiger partial charge in [-0.3, -0.25) is 4.79 Å². The first-order valence-electron chi connectivity index (χ1n) is 7.46. The number of hydrogen-bond donors (Lipinski definition) is 1. The number of ether oxygens (including phenoxy) is 1. The van der Waals surface area contributed by atoms with Crippen LogP contribution in [-0.4, -0.2) is 43.7 Å². The minimum Gasteiger partial charge on any atom is -0.378 e. The molecule has 0 unspecified atom stereocenters. The molecule has 1 aliphatic heterocycles. The second kappa shape index (κ2) is 8.51. The van der Waals surface area contributed by atoms with Crippen LogP contribution in [0.15, 0.2) is 28.7 Å². The number of carbonyl (C=O) groups is 1. The minimum absolute atomic E-state index is 0.125. The SMILES string of the molecule is CN(Cc1ccccc1Br)C(=O)CCOC1CCNCC1. The molecule has 1 saturated heterocycles. The van der Waals surface area contributed by atoms with E-state index in [9.17, 15) is 4.79 Å². The molecule has 1 aromatic carbocycles. The van der Waals surface area contributed by atoms with Crippen LogP contribution in [-0.2, 0) is 16.1 Å². The highest BCUT2D eigenvalue weighted by molar-refractivity contribution is 9.10. The zero-order valence-electron chi connectivity index (χ0n) is 12.5. The maximum Gasteiger partial charge on any atom is 0.224 e. The highest BCUT2D eigenvalue weighted by Crippen LogP contribution is 2.17. The van der Waals surface area contributed by atoms with Gasteiger partial charge < -0.3 is 15.0 Å². The van der Waals surface area contributed by atoms with Crippen LogP contribution in [0.1, 0.15) is 24.8 Å². The average molecular weight is 355 g/mol. The molecule has 0 aliphatic carbocycles. The fourth-order valence-electron chi connectivity index (χ4n) is 2.44. The summed E-state index contributed by atoms with van der Waals surface area (Å²) in [6, 6.07) is 7.98. The summed E-state index contributed by atoms with van der Waals surface area (Å²) in [5.41, 5.74) is 1.12. The lowest BCUT2D eigenvalue weighted by Gasteiger charge is -2.23. The molecule has 2 rings (SSSR count). The van der Waals surface area contributed by atoms with Gasteiger partial charge in [0.05, 0.1) is 19.1 Å². The van der Waals surface area contributed by atoms with Crippen molar-refractivity contribution in [1.82, 2.24) is 10.2 Å². The van der Waals surface area contributed by atoms with Crippen LogP contribution in [0.3, 0.4) is 0 Å². The summed E-state index contributed by atoms with van der Waals surface area (Å²) in [7, 11) is 1.84. The fraction of sp³-hybridized carbons (Fsp3) is 0.562. The van der Waals surface area contributed by atoms with Gasteiger partial charge in [-0.2, -0.15) is 0 Å². The molecule has 1 fully saturated rings. The number of rotatable bonds is 6. The molecule has 0 saturated carbocycles. The summed E-state index contributed by atoms with van der Waals surface area (Å²) in [5.74, 6) is 0.125. The van der Waals surface area contributed by atoms with Crippen LogP contribution in [0.5, 0.6) is 0 Å². The third kappa shape index (κ3) is 5.41. The van der Waals surface area contributed by atoms with E-state index in [1.807, 2.05) is 31.3 Å². The zero-order valence-corrected chi connectivity index (χ0v) is 14.1. The number of nitrogens with one attached hydrogen (secondary N) is 1. The Hall–Kier alpha value is -0.910. The summed E-state index contributed by atoms with van der Waals surface area (Å²) in [5, 5.41) is 3.31. The summed E-state index contributed by atoms with van der Waals surface area (Å²) in [6.45, 7) is 3.17. The standard InChI is InChI=1S/C16H23BrN2O2/c1-19(12-13-4-2-3-5-15(13)17)16(20)8-11-21-14-6-9-18-10-7-14/h2-5,14,18H,6-12H2,1H3. The number of carbonyl (C=O) groups excluding carboxylic acids is 1. The Bertz CT molecular complexity index is 461. The predicted octanol–water partition coefficient (Wildman–Crippen LogP) is 2.57. The van der Waals surface area contributed by atoms with Gasteiger partial charge in [0.2, 0.25) is 5.91 Å². The van der Waals surface area contributed by atoms with Crippen molar-refractivity contribution in [2.75, 3.05) is 26.7 Å². The molecular formula is C16H23BrN2O2. The maximum atomic E-state index is 12.1. The second-order valence-electron chi connectivity index (χ2n) is 5.41. The van der Waals surface area contributed by atoms with Crippen molar-refractivity contribution >= 4 is 21.8 Å². The third-order valence-electron chi connectivity index (χ3n) is 3.75. The fourth-order valence-corrected chi connectivity index (χ4v) is 2.85. The lowest BCUT2D eigenvalue weighted by molar-refractivity contribution is -0.132. The first-order chi connectivity index (χ1) is 10.2. The zero-order chi connectivity index (χ0) is 15.1. The molecule has 0 spiro atoms. The number of piperidine rings is 1. The van der Waals surface area contributed by atoms with Crippen molar-refractivity contribution in [3.05, 3.63) is 34.3 Å². The number of amides is 1. The van der Waals surface area contributed by atoms with E-state index in [0.717, 1.165) is 36.0 Å². The lowest BCUT2D eigenvalue weighted by atomic mass is 10.1. The average Bonchev–Trinajstić information content (AvgIpc) is 2.50. The molecular weight excluding hydrogens is 332 g/mol. The molecule has 4 nitrogen and oxygen atoms in total. The van der Waals surface area contributed by atoms with Gasteiger partial charge in [-0.15, -0.1) is 0 Å². The summed E-state index contributed by atoms with van der Waals surface area (Å²) in [4.78, 5) is 13.9. The van der Waals surface area contributed by atoms with E-state index >= 15 is 0 Å². The van der Waals surface area contributed by atoms with Crippen molar-refractivity contribution in [3.63, 3.8) is 0 Å². The van der Waals surface area contributed by atoms with Crippen LogP contribution in [0, 0.1) is 0 Å². The van der Waals surface area contributed by atoms with Gasteiger partial charge in [0.15, 0.2) is 0 Å². The molecule has 21 heavy (non-hydrogen) atoms. The van der Waals surface area contributed by atoms with Crippen LogP contribution in [0.4, 0.5) is 0 Å². The van der Waals surface area contributed by atoms with Gasteiger partial charge in [0.1, 0.15) is 0 Å². The molecule has 1 aromatic rings. The minimum atomic E-state index is 0.125. The Labute approximate surface area is 135 Å². The number of benzene rings is 1. The maximum absolute atomic E-state index is 12.1. The second-order valence-corrected chi connectivity index (χ2v) is 6.27. The normalized spacial score (nSPS) is 15.9. The molecule has 0 bridgehead atoms. The Kier molecular flexibility index (Phi) is 6.67. The van der Waals surface area contributed by atoms with Gasteiger partial charge in [-0.1, -0.05) is 34.1 Å². The number of halogens is 1. The molecule has 1 N–H and O–H groups in total. The van der Waals surface area contributed by atoms with Crippen LogP contribution in [0.25, 0.3) is 0 Å². The van der Waals surface area contributed by atoms with E-state index in [1.54, 1.807) is 4.90 Å². The number of hydrogen-bond acceptors (Lipinski definition) is 3. The van der Waals surface area contributed by atoms with E-state index in [-0.39, 0.29) is 5.91 Å². The Morgan fingerprint density at radius 1 is 1.38 bits per heavy atom. The van der Waals surface area contributed by atoms with Gasteiger partial charge in [0.25, 0.3) is 0 Å². The Balaban J connectivity index is 1.71.